The van der Waals surface area contributed by atoms with Crippen molar-refractivity contribution in [2.45, 2.75) is 110 Å². The maximum Gasteiger partial charge on any atom is 0.306 e. The summed E-state index contributed by atoms with van der Waals surface area (Å²) in [5.41, 5.74) is 1.92. The molecular formula is C32H46N2O3. The number of hydrogen-bond donors (Lipinski definition) is 0. The van der Waals surface area contributed by atoms with Gasteiger partial charge in [-0.15, -0.1) is 0 Å². The maximum atomic E-state index is 12.3. The highest BCUT2D eigenvalue weighted by molar-refractivity contribution is 5.98. The molecule has 0 saturated heterocycles. The number of Topliss-reactive ketones (excluding diaryl/α,β-unsaturated/α-hetero) is 1. The van der Waals surface area contributed by atoms with E-state index in [-0.39, 0.29) is 18.4 Å². The zero-order valence-corrected chi connectivity index (χ0v) is 22.8. The van der Waals surface area contributed by atoms with Gasteiger partial charge in [0, 0.05) is 12.0 Å². The molecule has 37 heavy (non-hydrogen) atoms. The van der Waals surface area contributed by atoms with Crippen molar-refractivity contribution in [3.05, 3.63) is 60.2 Å². The number of azo groups is 1. The molecule has 0 aliphatic rings. The zero-order valence-electron chi connectivity index (χ0n) is 22.8. The third kappa shape index (κ3) is 15.1. The Morgan fingerprint density at radius 1 is 0.595 bits per heavy atom. The summed E-state index contributed by atoms with van der Waals surface area (Å²) in [6.07, 6.45) is 19.7. The zero-order chi connectivity index (χ0) is 26.4. The van der Waals surface area contributed by atoms with Gasteiger partial charge in [0.05, 0.1) is 11.4 Å². The molecule has 0 bridgehead atoms. The Hall–Kier alpha value is -2.82. The second kappa shape index (κ2) is 20.3. The fourth-order valence-corrected chi connectivity index (χ4v) is 4.27. The minimum absolute atomic E-state index is 0.212. The average Bonchev–Trinajstić information content (AvgIpc) is 2.93. The fraction of sp³-hybridized carbons (Fsp3) is 0.562. The smallest absolute Gasteiger partial charge is 0.306 e. The number of unbranched alkanes of at least 4 members (excludes halogenated alkanes) is 14. The van der Waals surface area contributed by atoms with Crippen molar-refractivity contribution in [1.29, 1.82) is 0 Å². The predicted octanol–water partition coefficient (Wildman–Crippen LogP) is 10.1. The quantitative estimate of drug-likeness (QED) is 0.0732. The molecule has 2 aromatic rings. The molecule has 2 rings (SSSR count). The molecule has 0 heterocycles. The van der Waals surface area contributed by atoms with E-state index in [4.69, 9.17) is 4.74 Å². The number of hydrogen-bond acceptors (Lipinski definition) is 5. The summed E-state index contributed by atoms with van der Waals surface area (Å²) in [6, 6.07) is 16.3. The standard InChI is InChI=1S/C32H46N2O3/c1-2-3-4-5-6-7-8-9-10-11-12-13-14-15-19-22-32(36)37-27-31(35)28-23-25-30(26-24-28)34-33-29-20-17-16-18-21-29/h16-18,20-21,23-26H,2-15,19,22,27H2,1H3. The van der Waals surface area contributed by atoms with Crippen molar-refractivity contribution >= 4 is 23.1 Å². The Kier molecular flexibility index (Phi) is 16.6. The van der Waals surface area contributed by atoms with Gasteiger partial charge < -0.3 is 4.74 Å². The first-order valence-corrected chi connectivity index (χ1v) is 14.4. The van der Waals surface area contributed by atoms with E-state index >= 15 is 0 Å². The Morgan fingerprint density at radius 3 is 1.57 bits per heavy atom. The van der Waals surface area contributed by atoms with Crippen LogP contribution in [0.5, 0.6) is 0 Å². The predicted molar refractivity (Wildman–Crippen MR) is 152 cm³/mol. The summed E-state index contributed by atoms with van der Waals surface area (Å²) in [5.74, 6) is -0.507. The van der Waals surface area contributed by atoms with Crippen molar-refractivity contribution in [2.24, 2.45) is 10.2 Å². The van der Waals surface area contributed by atoms with Crippen molar-refractivity contribution in [2.75, 3.05) is 6.61 Å². The Labute approximate surface area is 224 Å². The number of nitrogens with zero attached hydrogens (tertiary/aromatic N) is 2. The lowest BCUT2D eigenvalue weighted by atomic mass is 10.0. The van der Waals surface area contributed by atoms with Gasteiger partial charge in [-0.1, -0.05) is 115 Å². The normalized spacial score (nSPS) is 11.2. The van der Waals surface area contributed by atoms with E-state index in [9.17, 15) is 9.59 Å². The van der Waals surface area contributed by atoms with Gasteiger partial charge in [-0.2, -0.15) is 10.2 Å². The Bertz CT molecular complexity index is 894. The van der Waals surface area contributed by atoms with Crippen LogP contribution in [-0.2, 0) is 9.53 Å². The molecule has 5 heteroatoms. The van der Waals surface area contributed by atoms with Crippen molar-refractivity contribution in [3.8, 4) is 0 Å². The highest BCUT2D eigenvalue weighted by atomic mass is 16.5. The van der Waals surface area contributed by atoms with Crippen LogP contribution in [0.15, 0.2) is 64.8 Å². The van der Waals surface area contributed by atoms with E-state index in [1.165, 1.54) is 77.0 Å². The lowest BCUT2D eigenvalue weighted by Crippen LogP contribution is -2.13. The molecule has 0 N–H and O–H groups in total. The van der Waals surface area contributed by atoms with Crippen molar-refractivity contribution in [3.63, 3.8) is 0 Å². The molecule has 0 aliphatic heterocycles. The van der Waals surface area contributed by atoms with Gasteiger partial charge >= 0.3 is 5.97 Å². The van der Waals surface area contributed by atoms with E-state index in [0.29, 0.717) is 17.7 Å². The van der Waals surface area contributed by atoms with Gasteiger partial charge in [-0.3, -0.25) is 9.59 Å². The lowest BCUT2D eigenvalue weighted by Gasteiger charge is -2.05. The van der Waals surface area contributed by atoms with Crippen LogP contribution in [0, 0.1) is 0 Å². The summed E-state index contributed by atoms with van der Waals surface area (Å²) in [7, 11) is 0. The average molecular weight is 507 g/mol. The monoisotopic (exact) mass is 506 g/mol. The first kappa shape index (κ1) is 30.4. The van der Waals surface area contributed by atoms with Crippen LogP contribution in [0.4, 0.5) is 11.4 Å². The molecular weight excluding hydrogens is 460 g/mol. The van der Waals surface area contributed by atoms with E-state index in [2.05, 4.69) is 17.2 Å². The van der Waals surface area contributed by atoms with Gasteiger partial charge in [0.1, 0.15) is 0 Å². The van der Waals surface area contributed by atoms with Crippen LogP contribution in [0.1, 0.15) is 120 Å². The van der Waals surface area contributed by atoms with Crippen LogP contribution < -0.4 is 0 Å². The maximum absolute atomic E-state index is 12.3. The minimum Gasteiger partial charge on any atom is -0.457 e. The number of carbonyl (C=O) groups is 2. The van der Waals surface area contributed by atoms with E-state index in [1.54, 1.807) is 24.3 Å². The molecule has 0 aliphatic carbocycles. The first-order valence-electron chi connectivity index (χ1n) is 14.4. The summed E-state index contributed by atoms with van der Waals surface area (Å²) >= 11 is 0. The molecule has 0 aromatic heterocycles. The lowest BCUT2D eigenvalue weighted by molar-refractivity contribution is -0.142. The molecule has 0 fully saturated rings. The van der Waals surface area contributed by atoms with Crippen LogP contribution in [0.25, 0.3) is 0 Å². The number of carbonyl (C=O) groups excluding carboxylic acids is 2. The molecule has 0 amide bonds. The first-order chi connectivity index (χ1) is 18.2. The second-order valence-corrected chi connectivity index (χ2v) is 9.87. The Morgan fingerprint density at radius 2 is 1.05 bits per heavy atom. The topological polar surface area (TPSA) is 68.1 Å². The van der Waals surface area contributed by atoms with Crippen LogP contribution in [0.3, 0.4) is 0 Å². The van der Waals surface area contributed by atoms with Gasteiger partial charge in [-0.05, 0) is 42.8 Å². The number of ketones is 1. The molecule has 0 unspecified atom stereocenters. The molecule has 5 nitrogen and oxygen atoms in total. The van der Waals surface area contributed by atoms with Crippen molar-refractivity contribution in [1.82, 2.24) is 0 Å². The molecule has 0 radical (unpaired) electrons. The highest BCUT2D eigenvalue weighted by Gasteiger charge is 2.10. The summed E-state index contributed by atoms with van der Waals surface area (Å²) in [5, 5.41) is 8.33. The molecule has 202 valence electrons. The van der Waals surface area contributed by atoms with Gasteiger partial charge in [-0.25, -0.2) is 0 Å². The van der Waals surface area contributed by atoms with E-state index in [0.717, 1.165) is 24.9 Å². The molecule has 0 saturated carbocycles. The largest absolute Gasteiger partial charge is 0.457 e. The molecule has 2 aromatic carbocycles. The summed E-state index contributed by atoms with van der Waals surface area (Å²) in [4.78, 5) is 24.3. The summed E-state index contributed by atoms with van der Waals surface area (Å²) < 4.78 is 5.18. The summed E-state index contributed by atoms with van der Waals surface area (Å²) in [6.45, 7) is 2.05. The molecule has 0 spiro atoms. The third-order valence-corrected chi connectivity index (χ3v) is 6.58. The van der Waals surface area contributed by atoms with Crippen molar-refractivity contribution < 1.29 is 14.3 Å². The number of ether oxygens (including phenoxy) is 1. The number of benzene rings is 2. The fourth-order valence-electron chi connectivity index (χ4n) is 4.27. The second-order valence-electron chi connectivity index (χ2n) is 9.87. The SMILES string of the molecule is CCCCCCCCCCCCCCCCCC(=O)OCC(=O)c1ccc(N=Nc2ccccc2)cc1. The van der Waals surface area contributed by atoms with E-state index in [1.807, 2.05) is 30.3 Å². The van der Waals surface area contributed by atoms with Crippen LogP contribution >= 0.6 is 0 Å². The minimum atomic E-state index is -0.295. The third-order valence-electron chi connectivity index (χ3n) is 6.58. The molecule has 0 atom stereocenters. The van der Waals surface area contributed by atoms with Crippen LogP contribution in [0.2, 0.25) is 0 Å². The van der Waals surface area contributed by atoms with Gasteiger partial charge in [0.2, 0.25) is 0 Å². The Balaban J connectivity index is 1.44. The highest BCUT2D eigenvalue weighted by Crippen LogP contribution is 2.19. The van der Waals surface area contributed by atoms with Crippen LogP contribution in [-0.4, -0.2) is 18.4 Å². The number of rotatable bonds is 21. The van der Waals surface area contributed by atoms with Gasteiger partial charge in [0.25, 0.3) is 0 Å². The van der Waals surface area contributed by atoms with E-state index < -0.39 is 0 Å². The van der Waals surface area contributed by atoms with Gasteiger partial charge in [0.15, 0.2) is 12.4 Å². The number of esters is 1.